The van der Waals surface area contributed by atoms with Gasteiger partial charge in [0.15, 0.2) is 5.11 Å². The maximum atomic E-state index is 12.5. The fourth-order valence-corrected chi connectivity index (χ4v) is 2.51. The largest absolute Gasteiger partial charge is 0.506 e. The van der Waals surface area contributed by atoms with E-state index >= 15 is 0 Å². The summed E-state index contributed by atoms with van der Waals surface area (Å²) in [6.45, 7) is 0.726. The van der Waals surface area contributed by atoms with Crippen molar-refractivity contribution in [2.45, 2.75) is 0 Å². The number of anilines is 1. The van der Waals surface area contributed by atoms with E-state index in [2.05, 4.69) is 26.6 Å². The molecule has 0 unspecified atom stereocenters. The van der Waals surface area contributed by atoms with Crippen molar-refractivity contribution in [3.05, 3.63) is 52.5 Å². The van der Waals surface area contributed by atoms with Crippen molar-refractivity contribution in [3.8, 4) is 11.5 Å². The molecule has 0 aliphatic rings. The molecule has 0 aliphatic heterocycles. The summed E-state index contributed by atoms with van der Waals surface area (Å²) in [5, 5.41) is 15.1. The molecule has 2 aromatic rings. The summed E-state index contributed by atoms with van der Waals surface area (Å²) in [5.41, 5.74) is 0.727. The van der Waals surface area contributed by atoms with Crippen LogP contribution in [0.2, 0.25) is 0 Å². The number of halogens is 1. The zero-order valence-corrected chi connectivity index (χ0v) is 15.8. The SMILES string of the molecule is COCCOc1ccc(Br)cc1C(=O)NC(=S)Nc1ccccc1O. The van der Waals surface area contributed by atoms with Crippen LogP contribution in [0.3, 0.4) is 0 Å². The van der Waals surface area contributed by atoms with Gasteiger partial charge in [0.25, 0.3) is 5.91 Å². The second-order valence-corrected chi connectivity index (χ2v) is 6.23. The average molecular weight is 425 g/mol. The predicted molar refractivity (Wildman–Crippen MR) is 103 cm³/mol. The quantitative estimate of drug-likeness (QED) is 0.375. The van der Waals surface area contributed by atoms with Gasteiger partial charge in [0.2, 0.25) is 0 Å². The van der Waals surface area contributed by atoms with Gasteiger partial charge in [-0.1, -0.05) is 28.1 Å². The van der Waals surface area contributed by atoms with Crippen molar-refractivity contribution in [3.63, 3.8) is 0 Å². The first-order valence-electron chi connectivity index (χ1n) is 7.33. The van der Waals surface area contributed by atoms with E-state index in [0.717, 1.165) is 4.47 Å². The number of phenols is 1. The molecular formula is C17H17BrN2O4S. The minimum absolute atomic E-state index is 0.0325. The first kappa shape index (κ1) is 19.2. The number of methoxy groups -OCH3 is 1. The molecule has 0 fully saturated rings. The fourth-order valence-electron chi connectivity index (χ4n) is 1.94. The Labute approximate surface area is 159 Å². The molecule has 2 aromatic carbocycles. The van der Waals surface area contributed by atoms with Gasteiger partial charge in [-0.05, 0) is 42.5 Å². The van der Waals surface area contributed by atoms with Gasteiger partial charge in [-0.3, -0.25) is 10.1 Å². The van der Waals surface area contributed by atoms with Crippen molar-refractivity contribution in [1.29, 1.82) is 0 Å². The van der Waals surface area contributed by atoms with Crippen LogP contribution in [0, 0.1) is 0 Å². The summed E-state index contributed by atoms with van der Waals surface area (Å²) in [4.78, 5) is 12.5. The lowest BCUT2D eigenvalue weighted by atomic mass is 10.2. The van der Waals surface area contributed by atoms with Crippen LogP contribution in [0.15, 0.2) is 46.9 Å². The number of carbonyl (C=O) groups excluding carboxylic acids is 1. The second-order valence-electron chi connectivity index (χ2n) is 4.91. The maximum absolute atomic E-state index is 12.5. The van der Waals surface area contributed by atoms with Gasteiger partial charge in [0.05, 0.1) is 17.9 Å². The molecule has 8 heteroatoms. The van der Waals surface area contributed by atoms with E-state index in [1.54, 1.807) is 43.5 Å². The van der Waals surface area contributed by atoms with E-state index in [1.165, 1.54) is 6.07 Å². The number of rotatable bonds is 6. The molecule has 0 radical (unpaired) electrons. The van der Waals surface area contributed by atoms with Crippen LogP contribution in [0.25, 0.3) is 0 Å². The van der Waals surface area contributed by atoms with E-state index < -0.39 is 5.91 Å². The van der Waals surface area contributed by atoms with Crippen LogP contribution in [0.1, 0.15) is 10.4 Å². The van der Waals surface area contributed by atoms with Gasteiger partial charge in [0.1, 0.15) is 18.1 Å². The van der Waals surface area contributed by atoms with Gasteiger partial charge < -0.3 is 19.9 Å². The molecule has 0 bridgehead atoms. The Hall–Kier alpha value is -2.16. The van der Waals surface area contributed by atoms with Crippen molar-refractivity contribution >= 4 is 44.9 Å². The summed E-state index contributed by atoms with van der Waals surface area (Å²) in [6, 6.07) is 11.7. The molecule has 0 atom stereocenters. The van der Waals surface area contributed by atoms with Gasteiger partial charge in [-0.2, -0.15) is 0 Å². The number of phenolic OH excluding ortho intramolecular Hbond substituents is 1. The third-order valence-corrected chi connectivity index (χ3v) is 3.81. The van der Waals surface area contributed by atoms with E-state index in [1.807, 2.05) is 0 Å². The molecule has 1 amide bonds. The van der Waals surface area contributed by atoms with Crippen molar-refractivity contribution in [2.24, 2.45) is 0 Å². The molecule has 0 saturated heterocycles. The highest BCUT2D eigenvalue weighted by Gasteiger charge is 2.15. The first-order valence-corrected chi connectivity index (χ1v) is 8.53. The molecule has 0 aliphatic carbocycles. The number of ether oxygens (including phenoxy) is 2. The smallest absolute Gasteiger partial charge is 0.261 e. The maximum Gasteiger partial charge on any atom is 0.261 e. The fraction of sp³-hybridized carbons (Fsp3) is 0.176. The molecule has 0 heterocycles. The first-order chi connectivity index (χ1) is 12.0. The van der Waals surface area contributed by atoms with Crippen LogP contribution in [0.5, 0.6) is 11.5 Å². The lowest BCUT2D eigenvalue weighted by Gasteiger charge is -2.14. The Bertz CT molecular complexity index is 770. The highest BCUT2D eigenvalue weighted by atomic mass is 79.9. The average Bonchev–Trinajstić information content (AvgIpc) is 2.58. The summed E-state index contributed by atoms with van der Waals surface area (Å²) in [5.74, 6) is 0.0230. The number of para-hydroxylation sites is 2. The molecule has 2 rings (SSSR count). The van der Waals surface area contributed by atoms with Crippen molar-refractivity contribution in [2.75, 3.05) is 25.6 Å². The highest BCUT2D eigenvalue weighted by Crippen LogP contribution is 2.24. The van der Waals surface area contributed by atoms with Crippen molar-refractivity contribution in [1.82, 2.24) is 5.32 Å². The number of aromatic hydroxyl groups is 1. The molecular weight excluding hydrogens is 408 g/mol. The third-order valence-electron chi connectivity index (χ3n) is 3.11. The van der Waals surface area contributed by atoms with Gasteiger partial charge in [-0.15, -0.1) is 0 Å². The van der Waals surface area contributed by atoms with E-state index in [-0.39, 0.29) is 10.9 Å². The van der Waals surface area contributed by atoms with Gasteiger partial charge in [-0.25, -0.2) is 0 Å². The molecule has 0 aromatic heterocycles. The number of hydrogen-bond acceptors (Lipinski definition) is 5. The number of thiocarbonyl (C=S) groups is 1. The molecule has 6 nitrogen and oxygen atoms in total. The zero-order valence-electron chi connectivity index (χ0n) is 13.4. The minimum Gasteiger partial charge on any atom is -0.506 e. The van der Waals surface area contributed by atoms with Crippen LogP contribution in [-0.2, 0) is 4.74 Å². The van der Waals surface area contributed by atoms with Crippen LogP contribution < -0.4 is 15.4 Å². The minimum atomic E-state index is -0.429. The number of amides is 1. The molecule has 0 spiro atoms. The Kier molecular flexibility index (Phi) is 7.17. The van der Waals surface area contributed by atoms with E-state index in [4.69, 9.17) is 21.7 Å². The summed E-state index contributed by atoms with van der Waals surface area (Å²) < 4.78 is 11.2. The van der Waals surface area contributed by atoms with Crippen LogP contribution in [-0.4, -0.2) is 36.4 Å². The Morgan fingerprint density at radius 2 is 2.00 bits per heavy atom. The zero-order chi connectivity index (χ0) is 18.2. The van der Waals surface area contributed by atoms with Crippen LogP contribution >= 0.6 is 28.1 Å². The van der Waals surface area contributed by atoms with Crippen molar-refractivity contribution < 1.29 is 19.4 Å². The normalized spacial score (nSPS) is 10.2. The third kappa shape index (κ3) is 5.70. The summed E-state index contributed by atoms with van der Waals surface area (Å²) >= 11 is 8.46. The molecule has 3 N–H and O–H groups in total. The monoisotopic (exact) mass is 424 g/mol. The topological polar surface area (TPSA) is 79.8 Å². The standard InChI is InChI=1S/C17H17BrN2O4S/c1-23-8-9-24-15-7-6-11(18)10-12(15)16(22)20-17(25)19-13-4-2-3-5-14(13)21/h2-7,10,21H,8-9H2,1H3,(H2,19,20,22,25). The molecule has 0 saturated carbocycles. The Morgan fingerprint density at radius 3 is 2.72 bits per heavy atom. The van der Waals surface area contributed by atoms with E-state index in [0.29, 0.717) is 30.2 Å². The van der Waals surface area contributed by atoms with Gasteiger partial charge in [0, 0.05) is 11.6 Å². The van der Waals surface area contributed by atoms with E-state index in [9.17, 15) is 9.90 Å². The summed E-state index contributed by atoms with van der Waals surface area (Å²) in [6.07, 6.45) is 0. The Balaban J connectivity index is 2.07. The lowest BCUT2D eigenvalue weighted by Crippen LogP contribution is -2.34. The number of hydrogen-bond donors (Lipinski definition) is 3. The highest BCUT2D eigenvalue weighted by molar-refractivity contribution is 9.10. The Morgan fingerprint density at radius 1 is 1.24 bits per heavy atom. The van der Waals surface area contributed by atoms with Crippen LogP contribution in [0.4, 0.5) is 5.69 Å². The molecule has 25 heavy (non-hydrogen) atoms. The molecule has 132 valence electrons. The number of carbonyl (C=O) groups is 1. The second kappa shape index (κ2) is 9.36. The number of benzene rings is 2. The summed E-state index contributed by atoms with van der Waals surface area (Å²) in [7, 11) is 1.57. The predicted octanol–water partition coefficient (Wildman–Crippen LogP) is 3.31. The number of nitrogens with one attached hydrogen (secondary N) is 2. The lowest BCUT2D eigenvalue weighted by molar-refractivity contribution is 0.0969. The van der Waals surface area contributed by atoms with Gasteiger partial charge >= 0.3 is 0 Å².